The normalized spacial score (nSPS) is 10.6. The van der Waals surface area contributed by atoms with E-state index in [0.717, 1.165) is 45.3 Å². The Kier molecular flexibility index (Phi) is 7.64. The predicted molar refractivity (Wildman–Crippen MR) is 170 cm³/mol. The maximum atomic E-state index is 10.9. The summed E-state index contributed by atoms with van der Waals surface area (Å²) in [7, 11) is 0. The zero-order valence-corrected chi connectivity index (χ0v) is 22.7. The largest absolute Gasteiger partial charge is 0.508 e. The molecule has 6 aromatic carbocycles. The number of phenolic OH excluding ortho intramolecular Hbond substituents is 1. The molecular formula is C37H28N2O3. The number of phenols is 1. The van der Waals surface area contributed by atoms with Crippen LogP contribution in [0, 0.1) is 0 Å². The maximum absolute atomic E-state index is 10.9. The average Bonchev–Trinajstić information content (AvgIpc) is 3.04. The van der Waals surface area contributed by atoms with E-state index >= 15 is 0 Å². The summed E-state index contributed by atoms with van der Waals surface area (Å²) in [5.74, 6) is 0.702. The molecule has 1 N–H and O–H groups in total. The minimum absolute atomic E-state index is 0.220. The van der Waals surface area contributed by atoms with Gasteiger partial charge in [0.2, 0.25) is 0 Å². The van der Waals surface area contributed by atoms with Gasteiger partial charge in [-0.3, -0.25) is 4.79 Å². The summed E-state index contributed by atoms with van der Waals surface area (Å²) in [5.41, 5.74) is 7.88. The fraction of sp³-hybridized carbons (Fsp3) is 0. The van der Waals surface area contributed by atoms with Crippen molar-refractivity contribution in [3.8, 4) is 22.6 Å². The van der Waals surface area contributed by atoms with Gasteiger partial charge in [-0.2, -0.15) is 0 Å². The number of carbonyl (C=O) groups is 1. The van der Waals surface area contributed by atoms with E-state index in [9.17, 15) is 9.90 Å². The molecule has 0 aliphatic carbocycles. The second-order valence-electron chi connectivity index (χ2n) is 9.67. The number of anilines is 6. The predicted octanol–water partition coefficient (Wildman–Crippen LogP) is 9.53. The first kappa shape index (κ1) is 26.4. The molecule has 5 nitrogen and oxygen atoms in total. The van der Waals surface area contributed by atoms with Crippen LogP contribution in [0.5, 0.6) is 11.5 Å². The van der Waals surface area contributed by atoms with Gasteiger partial charge in [0.25, 0.3) is 6.47 Å². The van der Waals surface area contributed by atoms with E-state index in [1.54, 1.807) is 18.2 Å². The molecule has 0 radical (unpaired) electrons. The molecule has 0 heterocycles. The molecule has 0 aliphatic heterocycles. The van der Waals surface area contributed by atoms with Crippen molar-refractivity contribution in [3.63, 3.8) is 0 Å². The third kappa shape index (κ3) is 5.71. The number of para-hydroxylation sites is 2. The minimum atomic E-state index is 0.220. The molecule has 0 bridgehead atoms. The van der Waals surface area contributed by atoms with Gasteiger partial charge in [-0.05, 0) is 83.9 Å². The van der Waals surface area contributed by atoms with Crippen LogP contribution in [-0.4, -0.2) is 11.6 Å². The van der Waals surface area contributed by atoms with E-state index in [1.165, 1.54) is 0 Å². The SMILES string of the molecule is O=COc1cccc(N(c2ccccc2)c2ccc(-c3ccc(N(c4ccccc4)c4cccc(O)c4)cc3)cc2)c1. The Morgan fingerprint density at radius 1 is 0.452 bits per heavy atom. The number of rotatable bonds is 9. The Morgan fingerprint density at radius 3 is 1.36 bits per heavy atom. The molecule has 0 spiro atoms. The van der Waals surface area contributed by atoms with Crippen molar-refractivity contribution in [2.45, 2.75) is 0 Å². The van der Waals surface area contributed by atoms with Crippen LogP contribution in [0.25, 0.3) is 11.1 Å². The Labute approximate surface area is 245 Å². The first-order valence-electron chi connectivity index (χ1n) is 13.6. The lowest BCUT2D eigenvalue weighted by molar-refractivity contribution is -0.120. The van der Waals surface area contributed by atoms with Crippen molar-refractivity contribution in [3.05, 3.63) is 158 Å². The Bertz CT molecular complexity index is 1770. The highest BCUT2D eigenvalue weighted by Gasteiger charge is 2.15. The molecule has 0 aliphatic rings. The molecule has 0 saturated carbocycles. The first-order chi connectivity index (χ1) is 20.7. The zero-order chi connectivity index (χ0) is 28.7. The summed E-state index contributed by atoms with van der Waals surface area (Å²) in [6, 6.07) is 51.7. The first-order valence-corrected chi connectivity index (χ1v) is 13.6. The lowest BCUT2D eigenvalue weighted by Gasteiger charge is -2.26. The molecule has 0 fully saturated rings. The fourth-order valence-electron chi connectivity index (χ4n) is 5.04. The number of aromatic hydroxyl groups is 1. The molecule has 0 unspecified atom stereocenters. The molecule has 42 heavy (non-hydrogen) atoms. The molecule has 0 amide bonds. The lowest BCUT2D eigenvalue weighted by Crippen LogP contribution is -2.10. The van der Waals surface area contributed by atoms with Crippen molar-refractivity contribution in [1.82, 2.24) is 0 Å². The van der Waals surface area contributed by atoms with Crippen molar-refractivity contribution >= 4 is 40.6 Å². The molecule has 204 valence electrons. The number of carbonyl (C=O) groups excluding carboxylic acids is 1. The standard InChI is InChI=1S/C37H28N2O3/c40-27-42-37-16-8-14-35(26-37)39(31-11-5-2-6-12-31)33-23-19-29(20-24-33)28-17-21-32(22-18-28)38(30-9-3-1-4-10-30)34-13-7-15-36(41)25-34/h1-27,41H. The fourth-order valence-corrected chi connectivity index (χ4v) is 5.04. The van der Waals surface area contributed by atoms with Crippen molar-refractivity contribution in [2.75, 3.05) is 9.80 Å². The van der Waals surface area contributed by atoms with Gasteiger partial charge in [0.05, 0.1) is 0 Å². The van der Waals surface area contributed by atoms with E-state index in [4.69, 9.17) is 4.74 Å². The van der Waals surface area contributed by atoms with Crippen molar-refractivity contribution in [2.24, 2.45) is 0 Å². The Balaban J connectivity index is 1.32. The summed E-state index contributed by atoms with van der Waals surface area (Å²) < 4.78 is 5.11. The molecule has 0 atom stereocenters. The number of hydrogen-bond donors (Lipinski definition) is 1. The van der Waals surface area contributed by atoms with Crippen LogP contribution >= 0.6 is 0 Å². The van der Waals surface area contributed by atoms with Crippen LogP contribution in [0.2, 0.25) is 0 Å². The van der Waals surface area contributed by atoms with Crippen molar-refractivity contribution in [1.29, 1.82) is 0 Å². The smallest absolute Gasteiger partial charge is 0.298 e. The van der Waals surface area contributed by atoms with Gasteiger partial charge in [0, 0.05) is 46.3 Å². The number of hydrogen-bond acceptors (Lipinski definition) is 5. The van der Waals surface area contributed by atoms with E-state index in [2.05, 4.69) is 70.5 Å². The van der Waals surface area contributed by atoms with Crippen LogP contribution in [0.3, 0.4) is 0 Å². The van der Waals surface area contributed by atoms with E-state index in [1.807, 2.05) is 78.9 Å². The second kappa shape index (κ2) is 12.1. The van der Waals surface area contributed by atoms with Gasteiger partial charge >= 0.3 is 0 Å². The summed E-state index contributed by atoms with van der Waals surface area (Å²) in [4.78, 5) is 15.2. The van der Waals surface area contributed by atoms with Gasteiger partial charge in [-0.15, -0.1) is 0 Å². The van der Waals surface area contributed by atoms with E-state index in [-0.39, 0.29) is 5.75 Å². The maximum Gasteiger partial charge on any atom is 0.298 e. The van der Waals surface area contributed by atoms with Gasteiger partial charge in [-0.25, -0.2) is 0 Å². The van der Waals surface area contributed by atoms with Crippen LogP contribution < -0.4 is 14.5 Å². The summed E-state index contributed by atoms with van der Waals surface area (Å²) in [6.07, 6.45) is 0. The van der Waals surface area contributed by atoms with E-state index < -0.39 is 0 Å². The third-order valence-corrected chi connectivity index (χ3v) is 6.96. The summed E-state index contributed by atoms with van der Waals surface area (Å²) in [5, 5.41) is 10.1. The van der Waals surface area contributed by atoms with Gasteiger partial charge in [-0.1, -0.05) is 72.8 Å². The lowest BCUT2D eigenvalue weighted by atomic mass is 10.0. The monoisotopic (exact) mass is 548 g/mol. The van der Waals surface area contributed by atoms with Crippen LogP contribution in [-0.2, 0) is 4.79 Å². The zero-order valence-electron chi connectivity index (χ0n) is 22.7. The highest BCUT2D eigenvalue weighted by Crippen LogP contribution is 2.39. The molecule has 6 aromatic rings. The van der Waals surface area contributed by atoms with Crippen LogP contribution in [0.4, 0.5) is 34.1 Å². The van der Waals surface area contributed by atoms with Crippen LogP contribution in [0.1, 0.15) is 0 Å². The molecular weight excluding hydrogens is 520 g/mol. The van der Waals surface area contributed by atoms with Gasteiger partial charge in [0.1, 0.15) is 11.5 Å². The Morgan fingerprint density at radius 2 is 0.881 bits per heavy atom. The molecule has 6 rings (SSSR count). The highest BCUT2D eigenvalue weighted by atomic mass is 16.5. The minimum Gasteiger partial charge on any atom is -0.508 e. The number of benzene rings is 6. The second-order valence-corrected chi connectivity index (χ2v) is 9.67. The number of ether oxygens (including phenoxy) is 1. The topological polar surface area (TPSA) is 53.0 Å². The Hall–Kier alpha value is -5.81. The third-order valence-electron chi connectivity index (χ3n) is 6.96. The molecule has 0 saturated heterocycles. The van der Waals surface area contributed by atoms with Gasteiger partial charge in [0.15, 0.2) is 0 Å². The van der Waals surface area contributed by atoms with Crippen LogP contribution in [0.15, 0.2) is 158 Å². The van der Waals surface area contributed by atoms with E-state index in [0.29, 0.717) is 12.2 Å². The highest BCUT2D eigenvalue weighted by molar-refractivity contribution is 5.81. The quantitative estimate of drug-likeness (QED) is 0.182. The molecule has 5 heteroatoms. The average molecular weight is 549 g/mol. The molecule has 0 aromatic heterocycles. The summed E-state index contributed by atoms with van der Waals surface area (Å²) >= 11 is 0. The van der Waals surface area contributed by atoms with Crippen molar-refractivity contribution < 1.29 is 14.6 Å². The van der Waals surface area contributed by atoms with Gasteiger partial charge < -0.3 is 19.6 Å². The number of nitrogens with zero attached hydrogens (tertiary/aromatic N) is 2. The summed E-state index contributed by atoms with van der Waals surface area (Å²) in [6.45, 7) is 0.439.